The lowest BCUT2D eigenvalue weighted by atomic mass is 10.1. The number of hydrogen-bond donors (Lipinski definition) is 1. The highest BCUT2D eigenvalue weighted by molar-refractivity contribution is 5.92. The smallest absolute Gasteiger partial charge is 0.339 e. The van der Waals surface area contributed by atoms with Gasteiger partial charge in [0, 0.05) is 6.20 Å². The van der Waals surface area contributed by atoms with Crippen molar-refractivity contribution in [1.82, 2.24) is 14.5 Å². The molecule has 0 amide bonds. The Kier molecular flexibility index (Phi) is 2.75. The number of fused-ring (bicyclic) bond motifs is 1. The molecule has 0 spiro atoms. The number of aromatic nitrogens is 3. The Bertz CT molecular complexity index is 821. The Morgan fingerprint density at radius 3 is 2.70 bits per heavy atom. The van der Waals surface area contributed by atoms with Crippen LogP contribution in [0.25, 0.3) is 16.9 Å². The normalized spacial score (nSPS) is 10.9. The number of imidazole rings is 1. The van der Waals surface area contributed by atoms with E-state index in [9.17, 15) is 9.90 Å². The first-order chi connectivity index (χ1) is 9.58. The number of rotatable bonds is 2. The molecule has 0 aliphatic heterocycles. The summed E-state index contributed by atoms with van der Waals surface area (Å²) in [6, 6.07) is 7.14. The van der Waals surface area contributed by atoms with Gasteiger partial charge in [0.05, 0.1) is 11.0 Å². The maximum atomic E-state index is 11.3. The SMILES string of the molecule is Cc1cc2ncn(-c3ncccc3C(=O)O)c2cc1C. The van der Waals surface area contributed by atoms with E-state index in [-0.39, 0.29) is 5.56 Å². The molecule has 0 fully saturated rings. The van der Waals surface area contributed by atoms with Crippen LogP contribution >= 0.6 is 0 Å². The summed E-state index contributed by atoms with van der Waals surface area (Å²) < 4.78 is 1.71. The minimum atomic E-state index is -1.00. The summed E-state index contributed by atoms with van der Waals surface area (Å²) in [5.41, 5.74) is 4.13. The van der Waals surface area contributed by atoms with E-state index >= 15 is 0 Å². The van der Waals surface area contributed by atoms with Gasteiger partial charge in [-0.3, -0.25) is 4.57 Å². The minimum absolute atomic E-state index is 0.157. The summed E-state index contributed by atoms with van der Waals surface area (Å²) in [5, 5.41) is 9.26. The van der Waals surface area contributed by atoms with Gasteiger partial charge in [-0.1, -0.05) is 0 Å². The van der Waals surface area contributed by atoms with Crippen molar-refractivity contribution in [1.29, 1.82) is 0 Å². The monoisotopic (exact) mass is 267 g/mol. The maximum Gasteiger partial charge on any atom is 0.339 e. The fourth-order valence-corrected chi connectivity index (χ4v) is 2.19. The molecule has 0 aliphatic carbocycles. The van der Waals surface area contributed by atoms with E-state index in [1.807, 2.05) is 26.0 Å². The third kappa shape index (κ3) is 1.84. The van der Waals surface area contributed by atoms with E-state index < -0.39 is 5.97 Å². The lowest BCUT2D eigenvalue weighted by molar-refractivity contribution is 0.0696. The Morgan fingerprint density at radius 1 is 1.20 bits per heavy atom. The van der Waals surface area contributed by atoms with Crippen molar-refractivity contribution >= 4 is 17.0 Å². The van der Waals surface area contributed by atoms with Crippen molar-refractivity contribution in [3.8, 4) is 5.82 Å². The van der Waals surface area contributed by atoms with Crippen LogP contribution in [0.3, 0.4) is 0 Å². The lowest BCUT2D eigenvalue weighted by Gasteiger charge is -2.07. The number of carboxylic acid groups (broad SMARTS) is 1. The first-order valence-corrected chi connectivity index (χ1v) is 6.21. The number of aryl methyl sites for hydroxylation is 2. The molecular formula is C15H13N3O2. The van der Waals surface area contributed by atoms with Gasteiger partial charge in [0.15, 0.2) is 5.82 Å². The topological polar surface area (TPSA) is 68.0 Å². The predicted octanol–water partition coefficient (Wildman–Crippen LogP) is 2.74. The van der Waals surface area contributed by atoms with Crippen LogP contribution in [0.15, 0.2) is 36.8 Å². The number of hydrogen-bond acceptors (Lipinski definition) is 3. The second-order valence-corrected chi connectivity index (χ2v) is 4.72. The highest BCUT2D eigenvalue weighted by Gasteiger charge is 2.15. The molecule has 0 atom stereocenters. The van der Waals surface area contributed by atoms with Gasteiger partial charge in [0.1, 0.15) is 11.9 Å². The van der Waals surface area contributed by atoms with Crippen molar-refractivity contribution in [3.05, 3.63) is 53.5 Å². The van der Waals surface area contributed by atoms with Crippen LogP contribution in [0.5, 0.6) is 0 Å². The predicted molar refractivity (Wildman–Crippen MR) is 75.3 cm³/mol. The van der Waals surface area contributed by atoms with Gasteiger partial charge in [-0.15, -0.1) is 0 Å². The molecular weight excluding hydrogens is 254 g/mol. The Balaban J connectivity index is 2.31. The van der Waals surface area contributed by atoms with Crippen molar-refractivity contribution < 1.29 is 9.90 Å². The highest BCUT2D eigenvalue weighted by atomic mass is 16.4. The third-order valence-electron chi connectivity index (χ3n) is 3.41. The molecule has 5 nitrogen and oxygen atoms in total. The van der Waals surface area contributed by atoms with Crippen LogP contribution in [-0.2, 0) is 0 Å². The fourth-order valence-electron chi connectivity index (χ4n) is 2.19. The Hall–Kier alpha value is -2.69. The molecule has 3 aromatic rings. The van der Waals surface area contributed by atoms with E-state index in [0.717, 1.165) is 22.2 Å². The van der Waals surface area contributed by atoms with E-state index in [1.54, 1.807) is 23.2 Å². The first kappa shape index (κ1) is 12.3. The van der Waals surface area contributed by atoms with Gasteiger partial charge in [-0.2, -0.15) is 0 Å². The minimum Gasteiger partial charge on any atom is -0.478 e. The molecule has 0 saturated heterocycles. The summed E-state index contributed by atoms with van der Waals surface area (Å²) in [7, 11) is 0. The molecule has 5 heteroatoms. The molecule has 0 aliphatic rings. The summed E-state index contributed by atoms with van der Waals surface area (Å²) in [4.78, 5) is 19.8. The average molecular weight is 267 g/mol. The molecule has 100 valence electrons. The molecule has 20 heavy (non-hydrogen) atoms. The van der Waals surface area contributed by atoms with E-state index in [4.69, 9.17) is 0 Å². The van der Waals surface area contributed by atoms with Gasteiger partial charge >= 0.3 is 5.97 Å². The fraction of sp³-hybridized carbons (Fsp3) is 0.133. The highest BCUT2D eigenvalue weighted by Crippen LogP contribution is 2.22. The number of pyridine rings is 1. The van der Waals surface area contributed by atoms with Crippen LogP contribution in [-0.4, -0.2) is 25.6 Å². The summed E-state index contributed by atoms with van der Waals surface area (Å²) in [6.45, 7) is 4.04. The Morgan fingerprint density at radius 2 is 1.95 bits per heavy atom. The molecule has 0 radical (unpaired) electrons. The lowest BCUT2D eigenvalue weighted by Crippen LogP contribution is -2.06. The van der Waals surface area contributed by atoms with E-state index in [1.165, 1.54) is 6.07 Å². The Labute approximate surface area is 115 Å². The molecule has 0 unspecified atom stereocenters. The number of carbonyl (C=O) groups is 1. The molecule has 1 aromatic carbocycles. The third-order valence-corrected chi connectivity index (χ3v) is 3.41. The largest absolute Gasteiger partial charge is 0.478 e. The van der Waals surface area contributed by atoms with E-state index in [0.29, 0.717) is 5.82 Å². The standard InChI is InChI=1S/C15H13N3O2/c1-9-6-12-13(7-10(9)2)18(8-17-12)14-11(15(19)20)4-3-5-16-14/h3-8H,1-2H3,(H,19,20). The summed E-state index contributed by atoms with van der Waals surface area (Å²) >= 11 is 0. The molecule has 2 aromatic heterocycles. The van der Waals surface area contributed by atoms with Gasteiger partial charge in [0.2, 0.25) is 0 Å². The van der Waals surface area contributed by atoms with Gasteiger partial charge < -0.3 is 5.11 Å². The zero-order valence-electron chi connectivity index (χ0n) is 11.2. The second-order valence-electron chi connectivity index (χ2n) is 4.72. The van der Waals surface area contributed by atoms with Crippen molar-refractivity contribution in [2.45, 2.75) is 13.8 Å². The summed E-state index contributed by atoms with van der Waals surface area (Å²) in [6.07, 6.45) is 3.19. The first-order valence-electron chi connectivity index (χ1n) is 6.21. The van der Waals surface area contributed by atoms with Crippen molar-refractivity contribution in [3.63, 3.8) is 0 Å². The number of benzene rings is 1. The second kappa shape index (κ2) is 4.45. The maximum absolute atomic E-state index is 11.3. The quantitative estimate of drug-likeness (QED) is 0.775. The molecule has 0 bridgehead atoms. The van der Waals surface area contributed by atoms with Gasteiger partial charge in [-0.25, -0.2) is 14.8 Å². The zero-order valence-corrected chi connectivity index (χ0v) is 11.2. The number of aromatic carboxylic acids is 1. The molecule has 3 rings (SSSR count). The van der Waals surface area contributed by atoms with Crippen molar-refractivity contribution in [2.75, 3.05) is 0 Å². The van der Waals surface area contributed by atoms with Crippen LogP contribution in [0.1, 0.15) is 21.5 Å². The van der Waals surface area contributed by atoms with Gasteiger partial charge in [0.25, 0.3) is 0 Å². The van der Waals surface area contributed by atoms with Crippen LogP contribution in [0.4, 0.5) is 0 Å². The molecule has 1 N–H and O–H groups in total. The van der Waals surface area contributed by atoms with Crippen LogP contribution < -0.4 is 0 Å². The zero-order chi connectivity index (χ0) is 14.3. The van der Waals surface area contributed by atoms with Crippen molar-refractivity contribution in [2.24, 2.45) is 0 Å². The number of carboxylic acids is 1. The average Bonchev–Trinajstić information content (AvgIpc) is 2.82. The van der Waals surface area contributed by atoms with Crippen LogP contribution in [0.2, 0.25) is 0 Å². The number of nitrogens with zero attached hydrogens (tertiary/aromatic N) is 3. The van der Waals surface area contributed by atoms with Crippen LogP contribution in [0, 0.1) is 13.8 Å². The summed E-state index contributed by atoms with van der Waals surface area (Å²) in [5.74, 6) is -0.621. The molecule has 0 saturated carbocycles. The van der Waals surface area contributed by atoms with E-state index in [2.05, 4.69) is 9.97 Å². The van der Waals surface area contributed by atoms with Gasteiger partial charge in [-0.05, 0) is 49.2 Å². The molecule has 2 heterocycles.